The van der Waals surface area contributed by atoms with Gasteiger partial charge in [-0.15, -0.1) is 0 Å². The number of rotatable bonds is 0. The van der Waals surface area contributed by atoms with E-state index in [-0.39, 0.29) is 35.8 Å². The van der Waals surface area contributed by atoms with Crippen LogP contribution >= 0.6 is 11.6 Å². The first-order valence-corrected chi connectivity index (χ1v) is 16.0. The molecule has 2 bridgehead atoms. The molecule has 2 aromatic rings. The van der Waals surface area contributed by atoms with Crippen LogP contribution in [0.1, 0.15) is 53.6 Å². The highest BCUT2D eigenvalue weighted by molar-refractivity contribution is 7.90. The van der Waals surface area contributed by atoms with E-state index in [9.17, 15) is 23.1 Å². The number of aliphatic hydroxyl groups is 1. The minimum Gasteiger partial charge on any atom is -0.490 e. The molecule has 1 fully saturated rings. The summed E-state index contributed by atoms with van der Waals surface area (Å²) in [4.78, 5) is 27.7. The van der Waals surface area contributed by atoms with E-state index in [4.69, 9.17) is 16.3 Å². The average molecular weight is 588 g/mol. The van der Waals surface area contributed by atoms with Gasteiger partial charge in [0.1, 0.15) is 5.75 Å². The molecule has 4 aliphatic rings. The van der Waals surface area contributed by atoms with Crippen LogP contribution in [0.4, 0.5) is 5.69 Å². The van der Waals surface area contributed by atoms with E-state index in [1.54, 1.807) is 18.2 Å². The molecule has 2 aromatic carbocycles. The molecule has 9 nitrogen and oxygen atoms in total. The zero-order valence-electron chi connectivity index (χ0n) is 22.2. The molecule has 1 spiro atoms. The van der Waals surface area contributed by atoms with Crippen molar-refractivity contribution in [2.75, 3.05) is 36.9 Å². The summed E-state index contributed by atoms with van der Waals surface area (Å²) in [5.41, 5.74) is 3.07. The third kappa shape index (κ3) is 5.29. The number of sulfonamides is 1. The predicted octanol–water partition coefficient (Wildman–Crippen LogP) is 2.78. The van der Waals surface area contributed by atoms with E-state index in [1.807, 2.05) is 12.1 Å². The minimum absolute atomic E-state index is 0.0464. The number of nitrogens with one attached hydrogen (secondary N) is 2. The molecular weight excluding hydrogens is 554 g/mol. The molecule has 2 aliphatic heterocycles. The highest BCUT2D eigenvalue weighted by Crippen LogP contribution is 2.46. The van der Waals surface area contributed by atoms with Gasteiger partial charge in [0.15, 0.2) is 0 Å². The number of amides is 2. The van der Waals surface area contributed by atoms with Crippen LogP contribution in [0.25, 0.3) is 0 Å². The van der Waals surface area contributed by atoms with Crippen LogP contribution in [0.2, 0.25) is 5.02 Å². The molecule has 11 heteroatoms. The van der Waals surface area contributed by atoms with Gasteiger partial charge < -0.3 is 20.1 Å². The highest BCUT2D eigenvalue weighted by atomic mass is 35.5. The number of ether oxygens (including phenoxy) is 1. The third-order valence-electron chi connectivity index (χ3n) is 9.06. The van der Waals surface area contributed by atoms with Crippen LogP contribution in [0.15, 0.2) is 36.4 Å². The number of hydrogen-bond donors (Lipinski definition) is 3. The van der Waals surface area contributed by atoms with E-state index in [2.05, 4.69) is 21.0 Å². The summed E-state index contributed by atoms with van der Waals surface area (Å²) in [5, 5.41) is 14.2. The molecule has 214 valence electrons. The molecule has 0 aromatic heterocycles. The van der Waals surface area contributed by atoms with Gasteiger partial charge in [0, 0.05) is 35.6 Å². The summed E-state index contributed by atoms with van der Waals surface area (Å²) < 4.78 is 33.7. The SMILES string of the molecule is O=C1C[C@@H](O)[C@@H]2CC[C@H]2CN2C[C@@]3(CCCc4cc(Cl)ccc43)COc3ccc(cc32)C(=O)NS(=O)(=O)CCN1. The number of halogens is 1. The van der Waals surface area contributed by atoms with Crippen molar-refractivity contribution in [2.24, 2.45) is 11.8 Å². The van der Waals surface area contributed by atoms with Gasteiger partial charge >= 0.3 is 0 Å². The molecule has 0 radical (unpaired) electrons. The summed E-state index contributed by atoms with van der Waals surface area (Å²) in [7, 11) is -3.99. The van der Waals surface area contributed by atoms with Crippen LogP contribution in [-0.2, 0) is 26.7 Å². The number of anilines is 1. The van der Waals surface area contributed by atoms with Crippen molar-refractivity contribution in [3.05, 3.63) is 58.1 Å². The van der Waals surface area contributed by atoms with Gasteiger partial charge in [0.2, 0.25) is 15.9 Å². The van der Waals surface area contributed by atoms with Gasteiger partial charge in [-0.1, -0.05) is 17.7 Å². The van der Waals surface area contributed by atoms with E-state index in [0.717, 1.165) is 37.8 Å². The summed E-state index contributed by atoms with van der Waals surface area (Å²) in [6, 6.07) is 11.1. The van der Waals surface area contributed by atoms with Gasteiger partial charge in [-0.05, 0) is 85.4 Å². The third-order valence-corrected chi connectivity index (χ3v) is 10.5. The molecule has 0 unspecified atom stereocenters. The van der Waals surface area contributed by atoms with Crippen LogP contribution in [-0.4, -0.2) is 63.4 Å². The van der Waals surface area contributed by atoms with Gasteiger partial charge in [0.05, 0.1) is 30.6 Å². The Morgan fingerprint density at radius 1 is 1.12 bits per heavy atom. The number of nitrogens with zero attached hydrogens (tertiary/aromatic N) is 1. The zero-order valence-corrected chi connectivity index (χ0v) is 23.8. The van der Waals surface area contributed by atoms with E-state index < -0.39 is 33.7 Å². The van der Waals surface area contributed by atoms with Crippen LogP contribution in [0.5, 0.6) is 5.75 Å². The molecule has 2 heterocycles. The van der Waals surface area contributed by atoms with Crippen molar-refractivity contribution in [3.8, 4) is 5.75 Å². The fourth-order valence-electron chi connectivity index (χ4n) is 6.86. The van der Waals surface area contributed by atoms with Gasteiger partial charge in [-0.25, -0.2) is 13.1 Å². The molecule has 6 rings (SSSR count). The average Bonchev–Trinajstić information content (AvgIpc) is 3.02. The number of aliphatic hydroxyl groups excluding tert-OH is 1. The van der Waals surface area contributed by atoms with Crippen LogP contribution < -0.4 is 19.7 Å². The Bertz CT molecular complexity index is 1450. The number of aryl methyl sites for hydroxylation is 1. The lowest BCUT2D eigenvalue weighted by atomic mass is 9.68. The molecule has 40 heavy (non-hydrogen) atoms. The Labute approximate surface area is 239 Å². The molecule has 4 atom stereocenters. The lowest BCUT2D eigenvalue weighted by Gasteiger charge is -2.45. The maximum Gasteiger partial charge on any atom is 0.264 e. The van der Waals surface area contributed by atoms with Crippen molar-refractivity contribution in [2.45, 2.75) is 50.0 Å². The second-order valence-corrected chi connectivity index (χ2v) is 13.9. The fourth-order valence-corrected chi connectivity index (χ4v) is 7.92. The van der Waals surface area contributed by atoms with Crippen LogP contribution in [0.3, 0.4) is 0 Å². The first-order chi connectivity index (χ1) is 19.1. The Hall–Kier alpha value is -2.82. The Kier molecular flexibility index (Phi) is 7.21. The van der Waals surface area contributed by atoms with Crippen molar-refractivity contribution in [1.82, 2.24) is 10.0 Å². The normalized spacial score (nSPS) is 30.1. The van der Waals surface area contributed by atoms with E-state index in [0.29, 0.717) is 30.5 Å². The van der Waals surface area contributed by atoms with E-state index in [1.165, 1.54) is 11.1 Å². The Morgan fingerprint density at radius 3 is 2.77 bits per heavy atom. The summed E-state index contributed by atoms with van der Waals surface area (Å²) in [5.74, 6) is -0.832. The van der Waals surface area contributed by atoms with E-state index >= 15 is 0 Å². The topological polar surface area (TPSA) is 125 Å². The maximum atomic E-state index is 13.0. The second-order valence-electron chi connectivity index (χ2n) is 11.7. The number of carbonyl (C=O) groups excluding carboxylic acids is 2. The molecular formula is C29H34ClN3O6S. The van der Waals surface area contributed by atoms with Crippen molar-refractivity contribution >= 4 is 39.1 Å². The van der Waals surface area contributed by atoms with Gasteiger partial charge in [0.25, 0.3) is 5.91 Å². The van der Waals surface area contributed by atoms with Gasteiger partial charge in [-0.3, -0.25) is 9.59 Å². The minimum atomic E-state index is -3.99. The summed E-state index contributed by atoms with van der Waals surface area (Å²) in [6.07, 6.45) is 3.70. The Morgan fingerprint density at radius 2 is 1.98 bits per heavy atom. The van der Waals surface area contributed by atoms with Gasteiger partial charge in [-0.2, -0.15) is 0 Å². The fraction of sp³-hybridized carbons (Fsp3) is 0.517. The predicted molar refractivity (Wildman–Crippen MR) is 151 cm³/mol. The largest absolute Gasteiger partial charge is 0.490 e. The molecule has 2 aliphatic carbocycles. The van der Waals surface area contributed by atoms with Crippen molar-refractivity contribution in [3.63, 3.8) is 0 Å². The second kappa shape index (κ2) is 10.5. The number of benzene rings is 2. The zero-order chi connectivity index (χ0) is 28.1. The first kappa shape index (κ1) is 27.4. The maximum absolute atomic E-state index is 13.0. The quantitative estimate of drug-likeness (QED) is 0.433. The molecule has 0 saturated heterocycles. The number of hydrogen-bond acceptors (Lipinski definition) is 7. The Balaban J connectivity index is 1.41. The lowest BCUT2D eigenvalue weighted by molar-refractivity contribution is -0.124. The lowest BCUT2D eigenvalue weighted by Crippen LogP contribution is -2.50. The molecule has 1 saturated carbocycles. The monoisotopic (exact) mass is 587 g/mol. The van der Waals surface area contributed by atoms with Crippen LogP contribution in [0, 0.1) is 11.8 Å². The smallest absolute Gasteiger partial charge is 0.264 e. The summed E-state index contributed by atoms with van der Waals surface area (Å²) in [6.45, 7) is 1.57. The highest BCUT2D eigenvalue weighted by Gasteiger charge is 2.44. The summed E-state index contributed by atoms with van der Waals surface area (Å²) >= 11 is 6.35. The number of fused-ring (bicyclic) bond motifs is 4. The van der Waals surface area contributed by atoms with Crippen molar-refractivity contribution < 1.29 is 27.9 Å². The first-order valence-electron chi connectivity index (χ1n) is 13.9. The molecule has 2 amide bonds. The molecule has 3 N–H and O–H groups in total. The standard InChI is InChI=1S/C29H34ClN3O6S/c30-21-5-7-23-18(12-21)2-1-9-29(23)16-33-15-20-3-6-22(20)25(34)14-27(35)31-10-11-40(37,38)32-28(36)19-4-8-26(39-17-29)24(33)13-19/h4-5,7-8,12-13,20,22,25,34H,1-3,6,9-11,14-17H2,(H,31,35)(H,32,36)/t20-,22+,25+,29-/m0/s1. The number of carbonyl (C=O) groups is 2. The van der Waals surface area contributed by atoms with Crippen molar-refractivity contribution in [1.29, 1.82) is 0 Å².